The maximum atomic E-state index is 12.2. The normalized spacial score (nSPS) is 11.0. The van der Waals surface area contributed by atoms with E-state index in [0.29, 0.717) is 26.8 Å². The van der Waals surface area contributed by atoms with Crippen molar-refractivity contribution < 1.29 is 0 Å². The Balaban J connectivity index is 2.08. The molecule has 0 bridgehead atoms. The largest absolute Gasteiger partial charge is 0.384 e. The monoisotopic (exact) mass is 292 g/mol. The molecule has 0 saturated carbocycles. The molecule has 2 N–H and O–H groups in total. The van der Waals surface area contributed by atoms with Gasteiger partial charge in [-0.25, -0.2) is 9.97 Å². The fraction of sp³-hybridized carbons (Fsp3) is 0.0833. The molecule has 0 aliphatic heterocycles. The van der Waals surface area contributed by atoms with Crippen LogP contribution in [0.3, 0.4) is 0 Å². The van der Waals surface area contributed by atoms with Gasteiger partial charge in [-0.2, -0.15) is 0 Å². The molecular weight excluding hydrogens is 284 g/mol. The Morgan fingerprint density at radius 2 is 2.21 bits per heavy atom. The van der Waals surface area contributed by atoms with Gasteiger partial charge in [-0.05, 0) is 23.6 Å². The lowest BCUT2D eigenvalue weighted by Crippen LogP contribution is -2.21. The molecule has 19 heavy (non-hydrogen) atoms. The zero-order valence-corrected chi connectivity index (χ0v) is 11.3. The number of rotatable bonds is 2. The first-order valence-corrected chi connectivity index (χ1v) is 6.74. The molecule has 0 aliphatic rings. The van der Waals surface area contributed by atoms with Gasteiger partial charge in [0.25, 0.3) is 5.56 Å². The van der Waals surface area contributed by atoms with Crippen molar-refractivity contribution in [2.45, 2.75) is 6.54 Å². The van der Waals surface area contributed by atoms with Crippen molar-refractivity contribution in [3.8, 4) is 0 Å². The topological polar surface area (TPSA) is 73.8 Å². The Bertz CT molecular complexity index is 811. The summed E-state index contributed by atoms with van der Waals surface area (Å²) in [6.45, 7) is 0.254. The summed E-state index contributed by atoms with van der Waals surface area (Å²) in [4.78, 5) is 20.6. The number of nitrogens with two attached hydrogens (primary N) is 1. The molecule has 0 atom stereocenters. The predicted octanol–water partition coefficient (Wildman–Crippen LogP) is 2.14. The second-order valence-electron chi connectivity index (χ2n) is 3.98. The fourth-order valence-electron chi connectivity index (χ4n) is 1.77. The summed E-state index contributed by atoms with van der Waals surface area (Å²) in [7, 11) is 0. The molecule has 3 aromatic rings. The molecule has 0 saturated heterocycles. The summed E-state index contributed by atoms with van der Waals surface area (Å²) in [6.07, 6.45) is 1.50. The number of aromatic nitrogens is 3. The van der Waals surface area contributed by atoms with Crippen LogP contribution in [-0.4, -0.2) is 14.5 Å². The van der Waals surface area contributed by atoms with Crippen molar-refractivity contribution in [1.29, 1.82) is 0 Å². The standard InChI is InChI=1S/C12H9ClN4OS/c13-7-1-2-10(14)16-9(7)5-17-6-15-8-3-4-19-11(8)12(17)18/h1-4,6H,5H2,(H2,14,16). The van der Waals surface area contributed by atoms with Crippen molar-refractivity contribution in [3.05, 3.63) is 51.0 Å². The summed E-state index contributed by atoms with van der Waals surface area (Å²) >= 11 is 7.42. The van der Waals surface area contributed by atoms with Crippen molar-refractivity contribution in [2.75, 3.05) is 5.73 Å². The third-order valence-electron chi connectivity index (χ3n) is 2.70. The van der Waals surface area contributed by atoms with Crippen LogP contribution in [-0.2, 0) is 6.54 Å². The Kier molecular flexibility index (Phi) is 2.96. The molecule has 3 heterocycles. The third kappa shape index (κ3) is 2.20. The number of hydrogen-bond acceptors (Lipinski definition) is 5. The van der Waals surface area contributed by atoms with Gasteiger partial charge in [-0.1, -0.05) is 11.6 Å². The van der Waals surface area contributed by atoms with Crippen molar-refractivity contribution >= 4 is 39.0 Å². The van der Waals surface area contributed by atoms with Gasteiger partial charge in [0, 0.05) is 0 Å². The van der Waals surface area contributed by atoms with Gasteiger partial charge in [-0.15, -0.1) is 11.3 Å². The number of anilines is 1. The summed E-state index contributed by atoms with van der Waals surface area (Å²) in [5, 5.41) is 2.32. The summed E-state index contributed by atoms with van der Waals surface area (Å²) < 4.78 is 2.11. The SMILES string of the molecule is Nc1ccc(Cl)c(Cn2cnc3ccsc3c2=O)n1. The second kappa shape index (κ2) is 4.64. The molecule has 5 nitrogen and oxygen atoms in total. The molecule has 7 heteroatoms. The Hall–Kier alpha value is -1.92. The summed E-state index contributed by atoms with van der Waals surface area (Å²) in [6, 6.07) is 5.11. The van der Waals surface area contributed by atoms with Crippen LogP contribution < -0.4 is 11.3 Å². The van der Waals surface area contributed by atoms with Crippen LogP contribution in [0, 0.1) is 0 Å². The average molecular weight is 293 g/mol. The molecule has 3 aromatic heterocycles. The van der Waals surface area contributed by atoms with Crippen LogP contribution in [0.1, 0.15) is 5.69 Å². The van der Waals surface area contributed by atoms with Crippen LogP contribution in [0.4, 0.5) is 5.82 Å². The van der Waals surface area contributed by atoms with Crippen molar-refractivity contribution in [3.63, 3.8) is 0 Å². The van der Waals surface area contributed by atoms with E-state index in [9.17, 15) is 4.79 Å². The van der Waals surface area contributed by atoms with Gasteiger partial charge in [0.1, 0.15) is 10.5 Å². The van der Waals surface area contributed by atoms with Crippen LogP contribution >= 0.6 is 22.9 Å². The number of nitrogens with zero attached hydrogens (tertiary/aromatic N) is 3. The number of fused-ring (bicyclic) bond motifs is 1. The van der Waals surface area contributed by atoms with E-state index in [4.69, 9.17) is 17.3 Å². The van der Waals surface area contributed by atoms with Gasteiger partial charge in [0.05, 0.1) is 29.1 Å². The number of thiophene rings is 1. The first kappa shape index (κ1) is 12.1. The van der Waals surface area contributed by atoms with Gasteiger partial charge < -0.3 is 5.73 Å². The van der Waals surface area contributed by atoms with Crippen molar-refractivity contribution in [2.24, 2.45) is 0 Å². The molecule has 0 aromatic carbocycles. The highest BCUT2D eigenvalue weighted by molar-refractivity contribution is 7.17. The van der Waals surface area contributed by atoms with Gasteiger partial charge >= 0.3 is 0 Å². The van der Waals surface area contributed by atoms with E-state index < -0.39 is 0 Å². The fourth-order valence-corrected chi connectivity index (χ4v) is 2.72. The number of nitrogen functional groups attached to an aromatic ring is 1. The molecule has 3 rings (SSSR count). The van der Waals surface area contributed by atoms with E-state index in [0.717, 1.165) is 0 Å². The van der Waals surface area contributed by atoms with E-state index in [1.54, 1.807) is 12.1 Å². The summed E-state index contributed by atoms with van der Waals surface area (Å²) in [5.41, 5.74) is 6.79. The lowest BCUT2D eigenvalue weighted by molar-refractivity contribution is 0.732. The number of pyridine rings is 1. The maximum absolute atomic E-state index is 12.2. The minimum atomic E-state index is -0.0970. The van der Waals surface area contributed by atoms with Crippen molar-refractivity contribution in [1.82, 2.24) is 14.5 Å². The Morgan fingerprint density at radius 1 is 1.37 bits per heavy atom. The molecular formula is C12H9ClN4OS. The van der Waals surface area contributed by atoms with Crippen LogP contribution in [0.5, 0.6) is 0 Å². The van der Waals surface area contributed by atoms with Gasteiger partial charge in [0.15, 0.2) is 0 Å². The lowest BCUT2D eigenvalue weighted by Gasteiger charge is -2.07. The molecule has 0 unspecified atom stereocenters. The van der Waals surface area contributed by atoms with Gasteiger partial charge in [-0.3, -0.25) is 9.36 Å². The van der Waals surface area contributed by atoms with Crippen LogP contribution in [0.2, 0.25) is 5.02 Å². The predicted molar refractivity (Wildman–Crippen MR) is 76.6 cm³/mol. The van der Waals surface area contributed by atoms with E-state index in [-0.39, 0.29) is 12.1 Å². The zero-order chi connectivity index (χ0) is 13.4. The van der Waals surface area contributed by atoms with E-state index >= 15 is 0 Å². The van der Waals surface area contributed by atoms with Gasteiger partial charge in [0.2, 0.25) is 0 Å². The van der Waals surface area contributed by atoms with E-state index in [1.807, 2.05) is 11.4 Å². The number of halogens is 1. The molecule has 96 valence electrons. The highest BCUT2D eigenvalue weighted by Crippen LogP contribution is 2.17. The quantitative estimate of drug-likeness (QED) is 0.785. The maximum Gasteiger partial charge on any atom is 0.271 e. The molecule has 0 fully saturated rings. The molecule has 0 amide bonds. The summed E-state index contributed by atoms with van der Waals surface area (Å²) in [5.74, 6) is 0.373. The van der Waals surface area contributed by atoms with Crippen LogP contribution in [0.25, 0.3) is 10.2 Å². The van der Waals surface area contributed by atoms with E-state index in [2.05, 4.69) is 9.97 Å². The zero-order valence-electron chi connectivity index (χ0n) is 9.71. The minimum Gasteiger partial charge on any atom is -0.384 e. The Morgan fingerprint density at radius 3 is 3.05 bits per heavy atom. The van der Waals surface area contributed by atoms with Crippen LogP contribution in [0.15, 0.2) is 34.7 Å². The second-order valence-corrected chi connectivity index (χ2v) is 5.30. The first-order chi connectivity index (χ1) is 9.15. The molecule has 0 spiro atoms. The lowest BCUT2D eigenvalue weighted by atomic mass is 10.3. The smallest absolute Gasteiger partial charge is 0.271 e. The Labute approximate surface area is 117 Å². The highest BCUT2D eigenvalue weighted by atomic mass is 35.5. The number of hydrogen-bond donors (Lipinski definition) is 1. The molecule has 0 aliphatic carbocycles. The van der Waals surface area contributed by atoms with E-state index in [1.165, 1.54) is 22.2 Å². The molecule has 0 radical (unpaired) electrons. The minimum absolute atomic E-state index is 0.0970. The highest BCUT2D eigenvalue weighted by Gasteiger charge is 2.09. The first-order valence-electron chi connectivity index (χ1n) is 5.48. The third-order valence-corrected chi connectivity index (χ3v) is 3.93. The average Bonchev–Trinajstić information content (AvgIpc) is 2.86.